The maximum atomic E-state index is 12.0. The predicted molar refractivity (Wildman–Crippen MR) is 61.8 cm³/mol. The minimum Gasteiger partial charge on any atom is -0.343 e. The van der Waals surface area contributed by atoms with Crippen molar-refractivity contribution in [1.82, 2.24) is 15.1 Å². The highest BCUT2D eigenvalue weighted by molar-refractivity contribution is 5.81. The number of rotatable bonds is 4. The van der Waals surface area contributed by atoms with Crippen LogP contribution in [0.2, 0.25) is 0 Å². The smallest absolute Gasteiger partial charge is 0.239 e. The number of hydrogen-bond donors (Lipinski definition) is 1. The van der Waals surface area contributed by atoms with Crippen LogP contribution in [0.4, 0.5) is 0 Å². The number of nitrogens with one attached hydrogen (secondary N) is 1. The van der Waals surface area contributed by atoms with Crippen LogP contribution in [-0.2, 0) is 4.79 Å². The van der Waals surface area contributed by atoms with Crippen molar-refractivity contribution in [2.45, 2.75) is 19.4 Å². The molecule has 0 aromatic carbocycles. The summed E-state index contributed by atoms with van der Waals surface area (Å²) in [5.41, 5.74) is 0. The van der Waals surface area contributed by atoms with E-state index in [2.05, 4.69) is 16.3 Å². The Bertz CT molecular complexity index is 268. The first kappa shape index (κ1) is 12.9. The van der Waals surface area contributed by atoms with Gasteiger partial charge in [-0.25, -0.2) is 0 Å². The Labute approximate surface area is 97.0 Å². The van der Waals surface area contributed by atoms with Crippen LogP contribution >= 0.6 is 0 Å². The second kappa shape index (κ2) is 6.46. The van der Waals surface area contributed by atoms with E-state index >= 15 is 0 Å². The molecule has 1 atom stereocenters. The zero-order valence-corrected chi connectivity index (χ0v) is 10.1. The highest BCUT2D eigenvalue weighted by atomic mass is 16.2. The predicted octanol–water partition coefficient (Wildman–Crippen LogP) is -0.348. The van der Waals surface area contributed by atoms with Gasteiger partial charge in [0.1, 0.15) is 0 Å². The molecule has 0 radical (unpaired) electrons. The summed E-state index contributed by atoms with van der Waals surface area (Å²) < 4.78 is 0. The summed E-state index contributed by atoms with van der Waals surface area (Å²) in [7, 11) is 1.76. The molecule has 5 nitrogen and oxygen atoms in total. The van der Waals surface area contributed by atoms with Gasteiger partial charge in [0.2, 0.25) is 5.91 Å². The molecule has 1 saturated heterocycles. The molecule has 1 heterocycles. The average molecular weight is 224 g/mol. The molecule has 90 valence electrons. The van der Waals surface area contributed by atoms with Crippen LogP contribution in [0.15, 0.2) is 0 Å². The summed E-state index contributed by atoms with van der Waals surface area (Å²) in [5, 5.41) is 11.7. The largest absolute Gasteiger partial charge is 0.343 e. The summed E-state index contributed by atoms with van der Waals surface area (Å²) in [6.45, 7) is 6.18. The molecule has 1 unspecified atom stereocenters. The molecule has 0 aromatic rings. The summed E-state index contributed by atoms with van der Waals surface area (Å²) in [4.78, 5) is 15.8. The van der Waals surface area contributed by atoms with Gasteiger partial charge in [-0.15, -0.1) is 0 Å². The number of carbonyl (C=O) groups is 1. The molecule has 1 fully saturated rings. The van der Waals surface area contributed by atoms with E-state index in [1.807, 2.05) is 6.92 Å². The number of piperazine rings is 1. The topological polar surface area (TPSA) is 59.4 Å². The lowest BCUT2D eigenvalue weighted by Crippen LogP contribution is -2.53. The van der Waals surface area contributed by atoms with Gasteiger partial charge in [-0.3, -0.25) is 9.69 Å². The molecule has 0 aliphatic carbocycles. The zero-order valence-electron chi connectivity index (χ0n) is 10.1. The van der Waals surface area contributed by atoms with Gasteiger partial charge in [0, 0.05) is 39.8 Å². The number of hydrogen-bond acceptors (Lipinski definition) is 4. The fourth-order valence-electron chi connectivity index (χ4n) is 1.87. The normalized spacial score (nSPS) is 18.8. The van der Waals surface area contributed by atoms with Crippen molar-refractivity contribution in [2.24, 2.45) is 0 Å². The number of nitriles is 1. The van der Waals surface area contributed by atoms with E-state index in [-0.39, 0.29) is 11.9 Å². The third kappa shape index (κ3) is 3.47. The third-order valence-electron chi connectivity index (χ3n) is 2.99. The summed E-state index contributed by atoms with van der Waals surface area (Å²) in [5.74, 6) is 0.108. The highest BCUT2D eigenvalue weighted by Crippen LogP contribution is 2.04. The molecule has 1 N–H and O–H groups in total. The molecule has 1 aliphatic heterocycles. The molecule has 0 spiro atoms. The van der Waals surface area contributed by atoms with Crippen LogP contribution in [0.25, 0.3) is 0 Å². The van der Waals surface area contributed by atoms with Gasteiger partial charge < -0.3 is 10.2 Å². The van der Waals surface area contributed by atoms with Gasteiger partial charge in [0.15, 0.2) is 0 Å². The summed E-state index contributed by atoms with van der Waals surface area (Å²) in [6.07, 6.45) is 0.399. The highest BCUT2D eigenvalue weighted by Gasteiger charge is 2.24. The first-order valence-corrected chi connectivity index (χ1v) is 5.73. The Morgan fingerprint density at radius 3 is 2.75 bits per heavy atom. The van der Waals surface area contributed by atoms with Gasteiger partial charge in [0.05, 0.1) is 18.5 Å². The fourth-order valence-corrected chi connectivity index (χ4v) is 1.87. The zero-order chi connectivity index (χ0) is 12.0. The fraction of sp³-hybridized carbons (Fsp3) is 0.818. The van der Waals surface area contributed by atoms with Crippen LogP contribution < -0.4 is 5.32 Å². The lowest BCUT2D eigenvalue weighted by atomic mass is 10.2. The number of amides is 1. The van der Waals surface area contributed by atoms with Gasteiger partial charge in [-0.05, 0) is 6.92 Å². The second-order valence-corrected chi connectivity index (χ2v) is 4.13. The van der Waals surface area contributed by atoms with Gasteiger partial charge >= 0.3 is 0 Å². The Morgan fingerprint density at radius 2 is 2.19 bits per heavy atom. The van der Waals surface area contributed by atoms with Gasteiger partial charge in [-0.2, -0.15) is 5.26 Å². The molecule has 16 heavy (non-hydrogen) atoms. The van der Waals surface area contributed by atoms with E-state index in [9.17, 15) is 4.79 Å². The van der Waals surface area contributed by atoms with E-state index in [1.165, 1.54) is 0 Å². The van der Waals surface area contributed by atoms with Crippen molar-refractivity contribution in [1.29, 1.82) is 5.26 Å². The first-order valence-electron chi connectivity index (χ1n) is 5.73. The van der Waals surface area contributed by atoms with E-state index < -0.39 is 0 Å². The molecule has 5 heteroatoms. The third-order valence-corrected chi connectivity index (χ3v) is 2.99. The average Bonchev–Trinajstić information content (AvgIpc) is 2.35. The van der Waals surface area contributed by atoms with Crippen LogP contribution in [-0.4, -0.2) is 61.5 Å². The molecule has 1 amide bonds. The standard InChI is InChI=1S/C11H20N4O/c1-10(15-8-5-13-6-9-15)11(16)14(2)7-3-4-12/h10,13H,3,5-9H2,1-2H3. The van der Waals surface area contributed by atoms with Crippen LogP contribution in [0.3, 0.4) is 0 Å². The second-order valence-electron chi connectivity index (χ2n) is 4.13. The van der Waals surface area contributed by atoms with E-state index in [0.29, 0.717) is 13.0 Å². The van der Waals surface area contributed by atoms with Crippen molar-refractivity contribution in [3.63, 3.8) is 0 Å². The Morgan fingerprint density at radius 1 is 1.56 bits per heavy atom. The number of nitrogens with zero attached hydrogens (tertiary/aromatic N) is 3. The summed E-state index contributed by atoms with van der Waals surface area (Å²) >= 11 is 0. The van der Waals surface area contributed by atoms with Crippen molar-refractivity contribution >= 4 is 5.91 Å². The van der Waals surface area contributed by atoms with E-state index in [0.717, 1.165) is 26.2 Å². The molecular formula is C11H20N4O. The molecular weight excluding hydrogens is 204 g/mol. The maximum Gasteiger partial charge on any atom is 0.239 e. The Balaban J connectivity index is 2.42. The SMILES string of the molecule is CC(C(=O)N(C)CCC#N)N1CCNCC1. The van der Waals surface area contributed by atoms with Crippen LogP contribution in [0.5, 0.6) is 0 Å². The maximum absolute atomic E-state index is 12.0. The van der Waals surface area contributed by atoms with Gasteiger partial charge in [-0.1, -0.05) is 0 Å². The molecule has 0 saturated carbocycles. The quantitative estimate of drug-likeness (QED) is 0.709. The van der Waals surface area contributed by atoms with Gasteiger partial charge in [0.25, 0.3) is 0 Å². The number of carbonyl (C=O) groups excluding carboxylic acids is 1. The van der Waals surface area contributed by atoms with Crippen LogP contribution in [0, 0.1) is 11.3 Å². The first-order chi connectivity index (χ1) is 7.66. The molecule has 1 aliphatic rings. The Kier molecular flexibility index (Phi) is 5.23. The minimum atomic E-state index is -0.0780. The summed E-state index contributed by atoms with van der Waals surface area (Å²) in [6, 6.07) is 1.98. The monoisotopic (exact) mass is 224 g/mol. The Hall–Kier alpha value is -1.12. The number of likely N-dealkylation sites (N-methyl/N-ethyl adjacent to an activating group) is 1. The molecule has 0 aromatic heterocycles. The lowest BCUT2D eigenvalue weighted by molar-refractivity contribution is -0.135. The van der Waals surface area contributed by atoms with Crippen LogP contribution in [0.1, 0.15) is 13.3 Å². The van der Waals surface area contributed by atoms with Crippen molar-refractivity contribution in [3.8, 4) is 6.07 Å². The van der Waals surface area contributed by atoms with Crippen molar-refractivity contribution in [2.75, 3.05) is 39.8 Å². The minimum absolute atomic E-state index is 0.0780. The van der Waals surface area contributed by atoms with Crippen molar-refractivity contribution < 1.29 is 4.79 Å². The molecule has 0 bridgehead atoms. The molecule has 1 rings (SSSR count). The van der Waals surface area contributed by atoms with E-state index in [1.54, 1.807) is 11.9 Å². The van der Waals surface area contributed by atoms with Crippen molar-refractivity contribution in [3.05, 3.63) is 0 Å². The lowest BCUT2D eigenvalue weighted by Gasteiger charge is -2.33. The van der Waals surface area contributed by atoms with E-state index in [4.69, 9.17) is 5.26 Å².